The first-order valence-corrected chi connectivity index (χ1v) is 9.73. The van der Waals surface area contributed by atoms with Crippen LogP contribution in [0.15, 0.2) is 34.8 Å². The lowest BCUT2D eigenvalue weighted by Crippen LogP contribution is -2.23. The zero-order valence-electron chi connectivity index (χ0n) is 14.4. The van der Waals surface area contributed by atoms with E-state index >= 15 is 0 Å². The molecule has 4 rings (SSSR count). The molecular formula is C20H21BrN2O3. The second kappa shape index (κ2) is 7.58. The molecule has 6 heteroatoms. The molecule has 136 valence electrons. The number of fused-ring (bicyclic) bond motifs is 2. The van der Waals surface area contributed by atoms with Crippen LogP contribution in [0.25, 0.3) is 0 Å². The molecule has 1 heterocycles. The minimum atomic E-state index is -0.101. The highest BCUT2D eigenvalue weighted by atomic mass is 79.9. The SMILES string of the molecule is O=C(CNc1cccc2c1CCCC2)Nc1cc2c(cc1Br)OCCO2. The Balaban J connectivity index is 1.42. The highest BCUT2D eigenvalue weighted by molar-refractivity contribution is 9.10. The molecule has 2 aromatic carbocycles. The second-order valence-corrected chi connectivity index (χ2v) is 7.38. The number of carbonyl (C=O) groups excluding carboxylic acids is 1. The van der Waals surface area contributed by atoms with E-state index in [9.17, 15) is 4.79 Å². The number of anilines is 2. The Morgan fingerprint density at radius 1 is 1.04 bits per heavy atom. The second-order valence-electron chi connectivity index (χ2n) is 6.53. The molecular weight excluding hydrogens is 396 g/mol. The molecule has 2 aromatic rings. The van der Waals surface area contributed by atoms with Crippen LogP contribution in [0.4, 0.5) is 11.4 Å². The lowest BCUT2D eigenvalue weighted by atomic mass is 9.90. The van der Waals surface area contributed by atoms with E-state index in [1.54, 1.807) is 6.07 Å². The standard InChI is InChI=1S/C20H21BrN2O3/c21-15-10-18-19(26-9-8-25-18)11-17(15)23-20(24)12-22-16-7-3-5-13-4-1-2-6-14(13)16/h3,5,7,10-11,22H,1-2,4,6,8-9,12H2,(H,23,24). The summed E-state index contributed by atoms with van der Waals surface area (Å²) in [6.07, 6.45) is 4.66. The third-order valence-electron chi connectivity index (χ3n) is 4.74. The molecule has 0 aromatic heterocycles. The van der Waals surface area contributed by atoms with Crippen LogP contribution < -0.4 is 20.1 Å². The molecule has 1 amide bonds. The average Bonchev–Trinajstić information content (AvgIpc) is 2.67. The highest BCUT2D eigenvalue weighted by Crippen LogP contribution is 2.38. The van der Waals surface area contributed by atoms with E-state index in [0.717, 1.165) is 23.0 Å². The summed E-state index contributed by atoms with van der Waals surface area (Å²) in [6.45, 7) is 1.27. The summed E-state index contributed by atoms with van der Waals surface area (Å²) in [4.78, 5) is 12.4. The molecule has 2 aliphatic rings. The molecule has 26 heavy (non-hydrogen) atoms. The summed E-state index contributed by atoms with van der Waals surface area (Å²) >= 11 is 3.48. The van der Waals surface area contributed by atoms with Gasteiger partial charge >= 0.3 is 0 Å². The number of aryl methyl sites for hydroxylation is 1. The van der Waals surface area contributed by atoms with Crippen LogP contribution in [0.5, 0.6) is 11.5 Å². The summed E-state index contributed by atoms with van der Waals surface area (Å²) in [7, 11) is 0. The predicted molar refractivity (Wildman–Crippen MR) is 105 cm³/mol. The van der Waals surface area contributed by atoms with E-state index in [4.69, 9.17) is 9.47 Å². The lowest BCUT2D eigenvalue weighted by Gasteiger charge is -2.21. The Labute approximate surface area is 161 Å². The first-order valence-electron chi connectivity index (χ1n) is 8.94. The topological polar surface area (TPSA) is 59.6 Å². The number of ether oxygens (including phenoxy) is 2. The molecule has 0 fully saturated rings. The van der Waals surface area contributed by atoms with E-state index in [1.165, 1.54) is 24.0 Å². The Kier molecular flexibility index (Phi) is 5.02. The summed E-state index contributed by atoms with van der Waals surface area (Å²) < 4.78 is 11.9. The van der Waals surface area contributed by atoms with Crippen molar-refractivity contribution >= 4 is 33.2 Å². The van der Waals surface area contributed by atoms with Gasteiger partial charge in [0.1, 0.15) is 13.2 Å². The van der Waals surface area contributed by atoms with Crippen LogP contribution in [0.3, 0.4) is 0 Å². The van der Waals surface area contributed by atoms with Crippen LogP contribution in [-0.4, -0.2) is 25.7 Å². The summed E-state index contributed by atoms with van der Waals surface area (Å²) in [6, 6.07) is 9.91. The smallest absolute Gasteiger partial charge is 0.243 e. The van der Waals surface area contributed by atoms with Crippen molar-refractivity contribution in [1.82, 2.24) is 0 Å². The lowest BCUT2D eigenvalue weighted by molar-refractivity contribution is -0.114. The fourth-order valence-corrected chi connectivity index (χ4v) is 3.90. The molecule has 0 saturated heterocycles. The largest absolute Gasteiger partial charge is 0.486 e. The van der Waals surface area contributed by atoms with E-state index in [-0.39, 0.29) is 12.5 Å². The van der Waals surface area contributed by atoms with Crippen molar-refractivity contribution < 1.29 is 14.3 Å². The van der Waals surface area contributed by atoms with Gasteiger partial charge in [-0.3, -0.25) is 4.79 Å². The van der Waals surface area contributed by atoms with Gasteiger partial charge in [-0.25, -0.2) is 0 Å². The average molecular weight is 417 g/mol. The van der Waals surface area contributed by atoms with E-state index < -0.39 is 0 Å². The van der Waals surface area contributed by atoms with E-state index in [0.29, 0.717) is 30.4 Å². The van der Waals surface area contributed by atoms with Crippen LogP contribution in [0.1, 0.15) is 24.0 Å². The number of hydrogen-bond acceptors (Lipinski definition) is 4. The molecule has 1 aliphatic heterocycles. The summed E-state index contributed by atoms with van der Waals surface area (Å²) in [5, 5.41) is 6.22. The van der Waals surface area contributed by atoms with Crippen LogP contribution >= 0.6 is 15.9 Å². The van der Waals surface area contributed by atoms with Gasteiger partial charge < -0.3 is 20.1 Å². The van der Waals surface area contributed by atoms with E-state index in [1.807, 2.05) is 6.07 Å². The fourth-order valence-electron chi connectivity index (χ4n) is 3.48. The van der Waals surface area contributed by atoms with Crippen LogP contribution in [0, 0.1) is 0 Å². The monoisotopic (exact) mass is 416 g/mol. The van der Waals surface area contributed by atoms with Crippen molar-refractivity contribution in [3.8, 4) is 11.5 Å². The van der Waals surface area contributed by atoms with Gasteiger partial charge in [0.05, 0.1) is 12.2 Å². The number of rotatable bonds is 4. The minimum absolute atomic E-state index is 0.101. The number of amides is 1. The van der Waals surface area contributed by atoms with Crippen molar-refractivity contribution in [3.05, 3.63) is 45.9 Å². The number of hydrogen-bond donors (Lipinski definition) is 2. The quantitative estimate of drug-likeness (QED) is 0.785. The van der Waals surface area contributed by atoms with Gasteiger partial charge in [0, 0.05) is 22.3 Å². The molecule has 5 nitrogen and oxygen atoms in total. The maximum absolute atomic E-state index is 12.4. The Hall–Kier alpha value is -2.21. The number of benzene rings is 2. The minimum Gasteiger partial charge on any atom is -0.486 e. The molecule has 2 N–H and O–H groups in total. The number of nitrogens with one attached hydrogen (secondary N) is 2. The van der Waals surface area contributed by atoms with Crippen molar-refractivity contribution in [2.24, 2.45) is 0 Å². The highest BCUT2D eigenvalue weighted by Gasteiger charge is 2.17. The van der Waals surface area contributed by atoms with Crippen LogP contribution in [-0.2, 0) is 17.6 Å². The Morgan fingerprint density at radius 3 is 2.65 bits per heavy atom. The van der Waals surface area contributed by atoms with Gasteiger partial charge in [-0.05, 0) is 58.8 Å². The van der Waals surface area contributed by atoms with Gasteiger partial charge in [-0.1, -0.05) is 12.1 Å². The maximum atomic E-state index is 12.4. The van der Waals surface area contributed by atoms with Crippen molar-refractivity contribution in [3.63, 3.8) is 0 Å². The Morgan fingerprint density at radius 2 is 1.81 bits per heavy atom. The van der Waals surface area contributed by atoms with Crippen molar-refractivity contribution in [2.75, 3.05) is 30.4 Å². The maximum Gasteiger partial charge on any atom is 0.243 e. The van der Waals surface area contributed by atoms with E-state index in [2.05, 4.69) is 44.8 Å². The summed E-state index contributed by atoms with van der Waals surface area (Å²) in [5.74, 6) is 1.24. The zero-order chi connectivity index (χ0) is 17.9. The fraction of sp³-hybridized carbons (Fsp3) is 0.350. The van der Waals surface area contributed by atoms with Gasteiger partial charge in [0.25, 0.3) is 0 Å². The normalized spacial score (nSPS) is 15.1. The Bertz CT molecular complexity index is 838. The van der Waals surface area contributed by atoms with Gasteiger partial charge in [-0.2, -0.15) is 0 Å². The zero-order valence-corrected chi connectivity index (χ0v) is 16.0. The molecule has 0 bridgehead atoms. The van der Waals surface area contributed by atoms with Gasteiger partial charge in [0.2, 0.25) is 5.91 Å². The van der Waals surface area contributed by atoms with Gasteiger partial charge in [0.15, 0.2) is 11.5 Å². The molecule has 0 spiro atoms. The number of carbonyl (C=O) groups is 1. The summed E-state index contributed by atoms with van der Waals surface area (Å²) in [5.41, 5.74) is 4.50. The third-order valence-corrected chi connectivity index (χ3v) is 5.40. The molecule has 0 radical (unpaired) electrons. The first-order chi connectivity index (χ1) is 12.7. The van der Waals surface area contributed by atoms with Crippen LogP contribution in [0.2, 0.25) is 0 Å². The predicted octanol–water partition coefficient (Wildman–Crippen LogP) is 4.15. The molecule has 0 atom stereocenters. The molecule has 0 unspecified atom stereocenters. The number of halogens is 1. The first kappa shape index (κ1) is 17.2. The molecule has 1 aliphatic carbocycles. The third kappa shape index (κ3) is 3.65. The van der Waals surface area contributed by atoms with Crippen molar-refractivity contribution in [2.45, 2.75) is 25.7 Å². The van der Waals surface area contributed by atoms with Gasteiger partial charge in [-0.15, -0.1) is 0 Å². The van der Waals surface area contributed by atoms with Crippen molar-refractivity contribution in [1.29, 1.82) is 0 Å². The molecule has 0 saturated carbocycles.